The van der Waals surface area contributed by atoms with Crippen molar-refractivity contribution in [3.63, 3.8) is 0 Å². The smallest absolute Gasteiger partial charge is 0.408 e. The van der Waals surface area contributed by atoms with Gasteiger partial charge in [-0.3, -0.25) is 9.25 Å². The van der Waals surface area contributed by atoms with Crippen LogP contribution in [0.3, 0.4) is 0 Å². The second-order valence-corrected chi connectivity index (χ2v) is 5.96. The summed E-state index contributed by atoms with van der Waals surface area (Å²) < 4.78 is 8.50. The van der Waals surface area contributed by atoms with E-state index in [1.165, 1.54) is 4.57 Å². The highest BCUT2D eigenvalue weighted by Crippen LogP contribution is 2.10. The maximum Gasteiger partial charge on any atom is 0.420 e. The van der Waals surface area contributed by atoms with Gasteiger partial charge in [0.05, 0.1) is 5.52 Å². The lowest BCUT2D eigenvalue weighted by Crippen LogP contribution is -2.40. The number of carbonyl (C=O) groups excluding carboxylic acids is 1. The van der Waals surface area contributed by atoms with Gasteiger partial charge >= 0.3 is 11.8 Å². The van der Waals surface area contributed by atoms with Gasteiger partial charge in [-0.15, -0.1) is 0 Å². The van der Waals surface area contributed by atoms with Gasteiger partial charge in [0, 0.05) is 38.6 Å². The number of rotatable bonds is 7. The summed E-state index contributed by atoms with van der Waals surface area (Å²) in [6.45, 7) is 4.01. The molecule has 132 valence electrons. The van der Waals surface area contributed by atoms with E-state index in [-0.39, 0.29) is 11.9 Å². The SMILES string of the molecule is CC(CNC(=O)NCCn1c(=O)oc2ccccc21)Cn1cccn1. The van der Waals surface area contributed by atoms with Gasteiger partial charge in [0.15, 0.2) is 5.58 Å². The van der Waals surface area contributed by atoms with E-state index >= 15 is 0 Å². The molecule has 0 aliphatic heterocycles. The van der Waals surface area contributed by atoms with Gasteiger partial charge in [0.1, 0.15) is 0 Å². The summed E-state index contributed by atoms with van der Waals surface area (Å²) in [6.07, 6.45) is 3.62. The minimum absolute atomic E-state index is 0.256. The van der Waals surface area contributed by atoms with Crippen LogP contribution in [0.2, 0.25) is 0 Å². The van der Waals surface area contributed by atoms with Gasteiger partial charge in [-0.05, 0) is 24.1 Å². The molecule has 0 aliphatic carbocycles. The molecule has 0 fully saturated rings. The summed E-state index contributed by atoms with van der Waals surface area (Å²) in [5.41, 5.74) is 1.27. The molecule has 3 aromatic rings. The lowest BCUT2D eigenvalue weighted by molar-refractivity contribution is 0.238. The third kappa shape index (κ3) is 4.28. The van der Waals surface area contributed by atoms with Gasteiger partial charge in [-0.2, -0.15) is 5.10 Å². The lowest BCUT2D eigenvalue weighted by Gasteiger charge is -2.13. The van der Waals surface area contributed by atoms with Crippen molar-refractivity contribution < 1.29 is 9.21 Å². The largest absolute Gasteiger partial charge is 0.420 e. The Kier molecular flexibility index (Phi) is 5.17. The highest BCUT2D eigenvalue weighted by Gasteiger charge is 2.09. The van der Waals surface area contributed by atoms with Crippen LogP contribution in [0, 0.1) is 5.92 Å². The Bertz CT molecular complexity index is 881. The highest BCUT2D eigenvalue weighted by atomic mass is 16.4. The maximum atomic E-state index is 11.9. The lowest BCUT2D eigenvalue weighted by atomic mass is 10.2. The van der Waals surface area contributed by atoms with Crippen LogP contribution < -0.4 is 16.4 Å². The van der Waals surface area contributed by atoms with Crippen molar-refractivity contribution >= 4 is 17.1 Å². The monoisotopic (exact) mass is 343 g/mol. The molecule has 0 aliphatic rings. The van der Waals surface area contributed by atoms with Crippen LogP contribution in [0.25, 0.3) is 11.1 Å². The summed E-state index contributed by atoms with van der Waals surface area (Å²) in [6, 6.07) is 8.83. The van der Waals surface area contributed by atoms with E-state index in [2.05, 4.69) is 15.7 Å². The number of benzene rings is 1. The molecule has 0 saturated heterocycles. The Morgan fingerprint density at radius 1 is 1.28 bits per heavy atom. The molecule has 2 heterocycles. The highest BCUT2D eigenvalue weighted by molar-refractivity contribution is 5.74. The van der Waals surface area contributed by atoms with Gasteiger partial charge in [-0.1, -0.05) is 19.1 Å². The average Bonchev–Trinajstić information content (AvgIpc) is 3.21. The molecular formula is C17H21N5O3. The van der Waals surface area contributed by atoms with E-state index in [1.54, 1.807) is 12.3 Å². The van der Waals surface area contributed by atoms with E-state index in [0.29, 0.717) is 25.2 Å². The molecule has 1 aromatic carbocycles. The Hall–Kier alpha value is -3.03. The molecule has 0 bridgehead atoms. The maximum absolute atomic E-state index is 11.9. The van der Waals surface area contributed by atoms with Gasteiger partial charge in [0.25, 0.3) is 0 Å². The summed E-state index contributed by atoms with van der Waals surface area (Å²) in [4.78, 5) is 23.7. The van der Waals surface area contributed by atoms with Gasteiger partial charge in [-0.25, -0.2) is 9.59 Å². The average molecular weight is 343 g/mol. The number of fused-ring (bicyclic) bond motifs is 1. The summed E-state index contributed by atoms with van der Waals surface area (Å²) in [7, 11) is 0. The number of urea groups is 1. The third-order valence-corrected chi connectivity index (χ3v) is 3.86. The first-order valence-electron chi connectivity index (χ1n) is 8.21. The van der Waals surface area contributed by atoms with Crippen molar-refractivity contribution in [2.45, 2.75) is 20.0 Å². The second-order valence-electron chi connectivity index (χ2n) is 5.96. The molecule has 1 unspecified atom stereocenters. The number of amides is 2. The van der Waals surface area contributed by atoms with E-state index in [1.807, 2.05) is 42.1 Å². The Morgan fingerprint density at radius 2 is 2.12 bits per heavy atom. The van der Waals surface area contributed by atoms with Gasteiger partial charge < -0.3 is 15.1 Å². The summed E-state index contributed by atoms with van der Waals surface area (Å²) in [5.74, 6) is -0.165. The molecular weight excluding hydrogens is 322 g/mol. The quantitative estimate of drug-likeness (QED) is 0.678. The first-order chi connectivity index (χ1) is 12.1. The molecule has 0 saturated carbocycles. The fourth-order valence-electron chi connectivity index (χ4n) is 2.63. The number of nitrogens with zero attached hydrogens (tertiary/aromatic N) is 3. The molecule has 2 N–H and O–H groups in total. The van der Waals surface area contributed by atoms with Crippen molar-refractivity contribution in [1.29, 1.82) is 0 Å². The molecule has 0 radical (unpaired) electrons. The number of aromatic nitrogens is 3. The predicted octanol–water partition coefficient (Wildman–Crippen LogP) is 1.43. The van der Waals surface area contributed by atoms with Crippen LogP contribution in [0.15, 0.2) is 51.9 Å². The fourth-order valence-corrected chi connectivity index (χ4v) is 2.63. The van der Waals surface area contributed by atoms with Crippen molar-refractivity contribution in [3.8, 4) is 0 Å². The van der Waals surface area contributed by atoms with Crippen LogP contribution >= 0.6 is 0 Å². The molecule has 8 nitrogen and oxygen atoms in total. The summed E-state index contributed by atoms with van der Waals surface area (Å²) in [5, 5.41) is 9.72. The molecule has 25 heavy (non-hydrogen) atoms. The van der Waals surface area contributed by atoms with Crippen molar-refractivity contribution in [2.24, 2.45) is 5.92 Å². The van der Waals surface area contributed by atoms with Crippen LogP contribution in [0.5, 0.6) is 0 Å². The van der Waals surface area contributed by atoms with Gasteiger partial charge in [0.2, 0.25) is 0 Å². The number of carbonyl (C=O) groups is 1. The van der Waals surface area contributed by atoms with Crippen LogP contribution in [0.1, 0.15) is 6.92 Å². The molecule has 2 amide bonds. The zero-order valence-electron chi connectivity index (χ0n) is 14.0. The van der Waals surface area contributed by atoms with E-state index in [0.717, 1.165) is 12.1 Å². The van der Waals surface area contributed by atoms with Crippen molar-refractivity contribution in [2.75, 3.05) is 13.1 Å². The third-order valence-electron chi connectivity index (χ3n) is 3.86. The fraction of sp³-hybridized carbons (Fsp3) is 0.353. The molecule has 2 aromatic heterocycles. The van der Waals surface area contributed by atoms with Crippen LogP contribution in [0.4, 0.5) is 4.79 Å². The zero-order chi connectivity index (χ0) is 17.6. The molecule has 0 spiro atoms. The Labute approximate surface area is 144 Å². The first-order valence-corrected chi connectivity index (χ1v) is 8.21. The second kappa shape index (κ2) is 7.69. The van der Waals surface area contributed by atoms with Crippen LogP contribution in [-0.4, -0.2) is 33.5 Å². The Morgan fingerprint density at radius 3 is 2.92 bits per heavy atom. The number of nitrogens with one attached hydrogen (secondary N) is 2. The number of hydrogen-bond acceptors (Lipinski definition) is 4. The van der Waals surface area contributed by atoms with E-state index in [9.17, 15) is 9.59 Å². The minimum atomic E-state index is -0.420. The number of oxazole rings is 1. The molecule has 8 heteroatoms. The topological polar surface area (TPSA) is 94.1 Å². The number of hydrogen-bond donors (Lipinski definition) is 2. The zero-order valence-corrected chi connectivity index (χ0v) is 14.0. The van der Waals surface area contributed by atoms with Crippen molar-refractivity contribution in [3.05, 3.63) is 53.3 Å². The molecule has 3 rings (SSSR count). The first kappa shape index (κ1) is 16.8. The predicted molar refractivity (Wildman–Crippen MR) is 93.3 cm³/mol. The Balaban J connectivity index is 1.43. The normalized spacial score (nSPS) is 12.2. The van der Waals surface area contributed by atoms with E-state index < -0.39 is 5.76 Å². The minimum Gasteiger partial charge on any atom is -0.408 e. The number of para-hydroxylation sites is 2. The molecule has 1 atom stereocenters. The van der Waals surface area contributed by atoms with Crippen LogP contribution in [-0.2, 0) is 13.1 Å². The van der Waals surface area contributed by atoms with E-state index in [4.69, 9.17) is 4.42 Å². The standard InChI is InChI=1S/C17H21N5O3/c1-13(12-21-9-4-7-20-21)11-19-16(23)18-8-10-22-14-5-2-3-6-15(14)25-17(22)24/h2-7,9,13H,8,10-12H2,1H3,(H2,18,19,23). The van der Waals surface area contributed by atoms with Crippen molar-refractivity contribution in [1.82, 2.24) is 25.0 Å². The summed E-state index contributed by atoms with van der Waals surface area (Å²) >= 11 is 0.